The number of benzene rings is 1. The third-order valence-corrected chi connectivity index (χ3v) is 4.43. The highest BCUT2D eigenvalue weighted by molar-refractivity contribution is 5.95. The number of nitrogens with one attached hydrogen (secondary N) is 1. The van der Waals surface area contributed by atoms with E-state index in [9.17, 15) is 9.59 Å². The van der Waals surface area contributed by atoms with Gasteiger partial charge < -0.3 is 15.0 Å². The van der Waals surface area contributed by atoms with E-state index in [-0.39, 0.29) is 17.8 Å². The lowest BCUT2D eigenvalue weighted by molar-refractivity contribution is -0.154. The van der Waals surface area contributed by atoms with Crippen LogP contribution in [0.2, 0.25) is 0 Å². The molecular weight excluding hydrogens is 292 g/mol. The molecule has 0 spiro atoms. The van der Waals surface area contributed by atoms with Gasteiger partial charge in [-0.2, -0.15) is 0 Å². The maximum Gasteiger partial charge on any atom is 0.309 e. The topological polar surface area (TPSA) is 58.6 Å². The lowest BCUT2D eigenvalue weighted by atomic mass is 10.1. The second kappa shape index (κ2) is 7.02. The summed E-state index contributed by atoms with van der Waals surface area (Å²) < 4.78 is 5.17. The first kappa shape index (κ1) is 15.8. The molecule has 1 aliphatic carbocycles. The highest BCUT2D eigenvalue weighted by atomic mass is 16.5. The molecule has 5 nitrogen and oxygen atoms in total. The lowest BCUT2D eigenvalue weighted by Gasteiger charge is -2.28. The van der Waals surface area contributed by atoms with Gasteiger partial charge >= 0.3 is 5.97 Å². The molecule has 23 heavy (non-hydrogen) atoms. The molecule has 1 saturated heterocycles. The van der Waals surface area contributed by atoms with Crippen LogP contribution in [-0.4, -0.2) is 31.1 Å². The van der Waals surface area contributed by atoms with Gasteiger partial charge in [0.1, 0.15) is 0 Å². The zero-order valence-corrected chi connectivity index (χ0v) is 13.6. The molecule has 2 fully saturated rings. The van der Waals surface area contributed by atoms with E-state index in [4.69, 9.17) is 4.74 Å². The fourth-order valence-corrected chi connectivity index (χ4v) is 2.79. The molecule has 124 valence electrons. The molecule has 1 aliphatic heterocycles. The monoisotopic (exact) mass is 316 g/mol. The molecule has 1 aromatic carbocycles. The Morgan fingerprint density at radius 1 is 1.13 bits per heavy atom. The van der Waals surface area contributed by atoms with Crippen LogP contribution in [-0.2, 0) is 14.3 Å². The van der Waals surface area contributed by atoms with E-state index >= 15 is 0 Å². The number of esters is 1. The fraction of sp³-hybridized carbons (Fsp3) is 0.556. The van der Waals surface area contributed by atoms with Gasteiger partial charge in [-0.3, -0.25) is 9.59 Å². The number of anilines is 2. The molecule has 0 radical (unpaired) electrons. The minimum Gasteiger partial charge on any atom is -0.452 e. The smallest absolute Gasteiger partial charge is 0.309 e. The third kappa shape index (κ3) is 4.24. The zero-order valence-electron chi connectivity index (χ0n) is 13.6. The second-order valence-corrected chi connectivity index (χ2v) is 6.44. The summed E-state index contributed by atoms with van der Waals surface area (Å²) in [7, 11) is 0. The first-order valence-electron chi connectivity index (χ1n) is 8.50. The molecule has 1 saturated carbocycles. The number of amides is 1. The average Bonchev–Trinajstić information content (AvgIpc) is 3.41. The number of piperidine rings is 1. The van der Waals surface area contributed by atoms with Crippen LogP contribution in [0.1, 0.15) is 39.0 Å². The van der Waals surface area contributed by atoms with Crippen LogP contribution in [0, 0.1) is 5.92 Å². The van der Waals surface area contributed by atoms with Gasteiger partial charge in [0, 0.05) is 24.5 Å². The van der Waals surface area contributed by atoms with Crippen LogP contribution >= 0.6 is 0 Å². The van der Waals surface area contributed by atoms with Crippen LogP contribution in [0.5, 0.6) is 0 Å². The van der Waals surface area contributed by atoms with Crippen molar-refractivity contribution >= 4 is 23.3 Å². The van der Waals surface area contributed by atoms with Gasteiger partial charge in [-0.05, 0) is 63.3 Å². The lowest BCUT2D eigenvalue weighted by Crippen LogP contribution is -2.30. The summed E-state index contributed by atoms with van der Waals surface area (Å²) in [6.07, 6.45) is 4.79. The molecule has 1 amide bonds. The van der Waals surface area contributed by atoms with Crippen LogP contribution < -0.4 is 10.2 Å². The summed E-state index contributed by atoms with van der Waals surface area (Å²) >= 11 is 0. The molecule has 1 heterocycles. The number of rotatable bonds is 5. The van der Waals surface area contributed by atoms with Crippen molar-refractivity contribution in [2.75, 3.05) is 23.3 Å². The molecule has 3 rings (SSSR count). The minimum absolute atomic E-state index is 0.00840. The summed E-state index contributed by atoms with van der Waals surface area (Å²) in [6.45, 7) is 3.80. The van der Waals surface area contributed by atoms with Crippen LogP contribution in [0.15, 0.2) is 24.3 Å². The molecule has 5 heteroatoms. The van der Waals surface area contributed by atoms with E-state index in [0.29, 0.717) is 0 Å². The normalized spacial score (nSPS) is 19.1. The van der Waals surface area contributed by atoms with Gasteiger partial charge in [0.25, 0.3) is 5.91 Å². The molecule has 0 unspecified atom stereocenters. The zero-order chi connectivity index (χ0) is 16.2. The minimum atomic E-state index is -0.759. The van der Waals surface area contributed by atoms with Crippen LogP contribution in [0.3, 0.4) is 0 Å². The molecular formula is C18H24N2O3. The van der Waals surface area contributed by atoms with E-state index in [1.165, 1.54) is 24.9 Å². The highest BCUT2D eigenvalue weighted by Gasteiger charge is 2.33. The largest absolute Gasteiger partial charge is 0.452 e. The number of carbonyl (C=O) groups excluding carboxylic acids is 2. The Hall–Kier alpha value is -2.04. The number of hydrogen-bond acceptors (Lipinski definition) is 4. The van der Waals surface area contributed by atoms with Crippen molar-refractivity contribution in [3.63, 3.8) is 0 Å². The third-order valence-electron chi connectivity index (χ3n) is 4.43. The Labute approximate surface area is 137 Å². The Kier molecular flexibility index (Phi) is 4.84. The first-order chi connectivity index (χ1) is 11.1. The second-order valence-electron chi connectivity index (χ2n) is 6.44. The summed E-state index contributed by atoms with van der Waals surface area (Å²) in [4.78, 5) is 26.0. The van der Waals surface area contributed by atoms with E-state index in [0.717, 1.165) is 31.6 Å². The Morgan fingerprint density at radius 3 is 2.39 bits per heavy atom. The van der Waals surface area contributed by atoms with E-state index in [2.05, 4.69) is 10.2 Å². The van der Waals surface area contributed by atoms with Gasteiger partial charge in [0.2, 0.25) is 0 Å². The highest BCUT2D eigenvalue weighted by Crippen LogP contribution is 2.30. The summed E-state index contributed by atoms with van der Waals surface area (Å²) in [5, 5.41) is 2.80. The first-order valence-corrected chi connectivity index (χ1v) is 8.50. The Balaban J connectivity index is 1.52. The maximum absolute atomic E-state index is 12.1. The van der Waals surface area contributed by atoms with Crippen molar-refractivity contribution in [3.05, 3.63) is 24.3 Å². The molecule has 0 aromatic heterocycles. The van der Waals surface area contributed by atoms with Crippen molar-refractivity contribution in [3.8, 4) is 0 Å². The van der Waals surface area contributed by atoms with Crippen molar-refractivity contribution in [2.45, 2.75) is 45.1 Å². The van der Waals surface area contributed by atoms with Crippen molar-refractivity contribution in [1.82, 2.24) is 0 Å². The Morgan fingerprint density at radius 2 is 1.78 bits per heavy atom. The molecule has 1 aromatic rings. The number of hydrogen-bond donors (Lipinski definition) is 1. The summed E-state index contributed by atoms with van der Waals surface area (Å²) in [5.41, 5.74) is 1.92. The van der Waals surface area contributed by atoms with Gasteiger partial charge in [0.05, 0.1) is 5.92 Å². The van der Waals surface area contributed by atoms with Crippen molar-refractivity contribution in [2.24, 2.45) is 5.92 Å². The molecule has 2 aliphatic rings. The van der Waals surface area contributed by atoms with Gasteiger partial charge in [0.15, 0.2) is 6.10 Å². The average molecular weight is 316 g/mol. The summed E-state index contributed by atoms with van der Waals surface area (Å²) in [5.74, 6) is -0.535. The Bertz CT molecular complexity index is 560. The maximum atomic E-state index is 12.1. The molecule has 1 N–H and O–H groups in total. The van der Waals surface area contributed by atoms with Gasteiger partial charge in [-0.15, -0.1) is 0 Å². The van der Waals surface area contributed by atoms with E-state index in [1.807, 2.05) is 24.3 Å². The fourth-order valence-electron chi connectivity index (χ4n) is 2.79. The summed E-state index contributed by atoms with van der Waals surface area (Å²) in [6, 6.07) is 7.86. The standard InChI is InChI=1S/C18H24N2O3/c1-13(23-18(22)14-5-6-14)17(21)19-15-7-9-16(10-8-15)20-11-3-2-4-12-20/h7-10,13-14H,2-6,11-12H2,1H3,(H,19,21)/t13-/m0/s1. The van der Waals surface area contributed by atoms with E-state index in [1.54, 1.807) is 6.92 Å². The van der Waals surface area contributed by atoms with Gasteiger partial charge in [-0.1, -0.05) is 0 Å². The number of nitrogens with zero attached hydrogens (tertiary/aromatic N) is 1. The van der Waals surface area contributed by atoms with Gasteiger partial charge in [-0.25, -0.2) is 0 Å². The number of ether oxygens (including phenoxy) is 1. The van der Waals surface area contributed by atoms with Crippen molar-refractivity contribution in [1.29, 1.82) is 0 Å². The van der Waals surface area contributed by atoms with Crippen LogP contribution in [0.4, 0.5) is 11.4 Å². The predicted molar refractivity (Wildman–Crippen MR) is 89.4 cm³/mol. The number of carbonyl (C=O) groups is 2. The quantitative estimate of drug-likeness (QED) is 0.849. The van der Waals surface area contributed by atoms with Crippen molar-refractivity contribution < 1.29 is 14.3 Å². The van der Waals surface area contributed by atoms with E-state index < -0.39 is 6.10 Å². The molecule has 1 atom stereocenters. The van der Waals surface area contributed by atoms with Crippen LogP contribution in [0.25, 0.3) is 0 Å². The SMILES string of the molecule is C[C@H](OC(=O)C1CC1)C(=O)Nc1ccc(N2CCCCC2)cc1. The molecule has 0 bridgehead atoms. The predicted octanol–water partition coefficient (Wildman–Crippen LogP) is 2.96.